The molecule has 0 spiro atoms. The van der Waals surface area contributed by atoms with E-state index in [2.05, 4.69) is 44.6 Å². The second-order valence-electron chi connectivity index (χ2n) is 5.44. The molecule has 2 rings (SSSR count). The first-order valence-electron chi connectivity index (χ1n) is 6.51. The molecule has 3 atom stereocenters. The average molecular weight is 246 g/mol. The smallest absolute Gasteiger partial charge is 0.126 e. The van der Waals surface area contributed by atoms with Crippen molar-refractivity contribution in [3.05, 3.63) is 33.9 Å². The molecule has 1 aliphatic heterocycles. The van der Waals surface area contributed by atoms with Crippen molar-refractivity contribution in [3.63, 3.8) is 0 Å². The van der Waals surface area contributed by atoms with Crippen molar-refractivity contribution in [1.82, 2.24) is 10.9 Å². The van der Waals surface area contributed by atoms with Crippen molar-refractivity contribution < 1.29 is 4.79 Å². The zero-order valence-electron chi connectivity index (χ0n) is 11.8. The van der Waals surface area contributed by atoms with E-state index in [1.54, 1.807) is 0 Å². The molecule has 1 fully saturated rings. The lowest BCUT2D eigenvalue weighted by Crippen LogP contribution is -2.29. The van der Waals surface area contributed by atoms with Gasteiger partial charge in [0.25, 0.3) is 0 Å². The summed E-state index contributed by atoms with van der Waals surface area (Å²) >= 11 is 0. The van der Waals surface area contributed by atoms with Crippen LogP contribution in [-0.4, -0.2) is 12.3 Å². The highest BCUT2D eigenvalue weighted by molar-refractivity contribution is 5.59. The molecule has 0 aliphatic carbocycles. The van der Waals surface area contributed by atoms with Crippen LogP contribution in [0.1, 0.15) is 40.8 Å². The summed E-state index contributed by atoms with van der Waals surface area (Å²) in [6.07, 6.45) is 1.07. The molecule has 0 radical (unpaired) electrons. The van der Waals surface area contributed by atoms with Gasteiger partial charge in [0.15, 0.2) is 0 Å². The zero-order valence-corrected chi connectivity index (χ0v) is 11.8. The molecule has 1 aliphatic rings. The van der Waals surface area contributed by atoms with Crippen LogP contribution in [0.2, 0.25) is 0 Å². The number of aldehydes is 1. The van der Waals surface area contributed by atoms with Gasteiger partial charge in [-0.25, -0.2) is 5.43 Å². The van der Waals surface area contributed by atoms with Gasteiger partial charge in [-0.05, 0) is 62.4 Å². The summed E-state index contributed by atoms with van der Waals surface area (Å²) in [7, 11) is 0. The fourth-order valence-corrected chi connectivity index (χ4v) is 2.88. The fraction of sp³-hybridized carbons (Fsp3) is 0.533. The van der Waals surface area contributed by atoms with E-state index in [1.165, 1.54) is 27.8 Å². The van der Waals surface area contributed by atoms with Crippen LogP contribution >= 0.6 is 0 Å². The molecule has 1 aromatic carbocycles. The van der Waals surface area contributed by atoms with E-state index in [0.29, 0.717) is 0 Å². The molecule has 1 saturated heterocycles. The van der Waals surface area contributed by atoms with Crippen LogP contribution in [0, 0.1) is 33.6 Å². The number of carbonyl (C=O) groups excluding carboxylic acids is 1. The SMILES string of the molecule is Cc1cc(C)c(C)c(C2NNC(C)C2C=O)c1C. The van der Waals surface area contributed by atoms with Crippen LogP contribution in [0.15, 0.2) is 6.07 Å². The third-order valence-electron chi connectivity index (χ3n) is 4.32. The third-order valence-corrected chi connectivity index (χ3v) is 4.32. The minimum atomic E-state index is -0.0106. The van der Waals surface area contributed by atoms with E-state index in [4.69, 9.17) is 0 Å². The molecule has 98 valence electrons. The number of rotatable bonds is 2. The number of carbonyl (C=O) groups is 1. The molecule has 18 heavy (non-hydrogen) atoms. The lowest BCUT2D eigenvalue weighted by Gasteiger charge is -2.23. The summed E-state index contributed by atoms with van der Waals surface area (Å²) < 4.78 is 0. The molecule has 1 heterocycles. The Morgan fingerprint density at radius 1 is 1.06 bits per heavy atom. The Labute approximate surface area is 109 Å². The number of nitrogens with one attached hydrogen (secondary N) is 2. The maximum atomic E-state index is 11.3. The third kappa shape index (κ3) is 1.98. The van der Waals surface area contributed by atoms with Crippen LogP contribution in [0.5, 0.6) is 0 Å². The van der Waals surface area contributed by atoms with E-state index in [9.17, 15) is 4.79 Å². The van der Waals surface area contributed by atoms with Gasteiger partial charge in [0.1, 0.15) is 6.29 Å². The number of hydrogen-bond donors (Lipinski definition) is 2. The van der Waals surface area contributed by atoms with Gasteiger partial charge in [0, 0.05) is 6.04 Å². The Balaban J connectivity index is 2.54. The van der Waals surface area contributed by atoms with E-state index in [1.807, 2.05) is 6.92 Å². The molecule has 1 aromatic rings. The van der Waals surface area contributed by atoms with E-state index in [-0.39, 0.29) is 18.0 Å². The van der Waals surface area contributed by atoms with E-state index in [0.717, 1.165) is 6.29 Å². The average Bonchev–Trinajstić information content (AvgIpc) is 2.68. The first kappa shape index (κ1) is 13.2. The standard InChI is InChI=1S/C15H22N2O/c1-8-6-9(2)11(4)14(10(8)3)15-13(7-18)12(5)16-17-15/h6-7,12-13,15-17H,1-5H3. The number of hydrazine groups is 1. The largest absolute Gasteiger partial charge is 0.303 e. The predicted molar refractivity (Wildman–Crippen MR) is 73.4 cm³/mol. The van der Waals surface area contributed by atoms with Gasteiger partial charge < -0.3 is 4.79 Å². The Morgan fingerprint density at radius 3 is 2.11 bits per heavy atom. The summed E-state index contributed by atoms with van der Waals surface area (Å²) in [4.78, 5) is 11.3. The molecule has 3 nitrogen and oxygen atoms in total. The van der Waals surface area contributed by atoms with Crippen molar-refractivity contribution in [2.24, 2.45) is 5.92 Å². The molecular weight excluding hydrogens is 224 g/mol. The highest BCUT2D eigenvalue weighted by Crippen LogP contribution is 2.34. The second kappa shape index (κ2) is 4.82. The van der Waals surface area contributed by atoms with Gasteiger partial charge in [-0.3, -0.25) is 5.43 Å². The summed E-state index contributed by atoms with van der Waals surface area (Å²) in [6, 6.07) is 2.47. The molecule has 3 unspecified atom stereocenters. The number of hydrogen-bond acceptors (Lipinski definition) is 3. The quantitative estimate of drug-likeness (QED) is 0.787. The topological polar surface area (TPSA) is 41.1 Å². The van der Waals surface area contributed by atoms with Crippen molar-refractivity contribution in [1.29, 1.82) is 0 Å². The Bertz CT molecular complexity index is 456. The van der Waals surface area contributed by atoms with Crippen molar-refractivity contribution >= 4 is 6.29 Å². The van der Waals surface area contributed by atoms with Gasteiger partial charge in [-0.1, -0.05) is 6.07 Å². The minimum Gasteiger partial charge on any atom is -0.303 e. The van der Waals surface area contributed by atoms with Crippen LogP contribution in [0.4, 0.5) is 0 Å². The Hall–Kier alpha value is -1.19. The summed E-state index contributed by atoms with van der Waals surface area (Å²) in [5, 5.41) is 0. The minimum absolute atomic E-state index is 0.0106. The molecule has 0 saturated carbocycles. The molecule has 0 amide bonds. The molecule has 0 bridgehead atoms. The van der Waals surface area contributed by atoms with E-state index >= 15 is 0 Å². The highest BCUT2D eigenvalue weighted by atomic mass is 16.1. The van der Waals surface area contributed by atoms with Crippen LogP contribution in [0.25, 0.3) is 0 Å². The van der Waals surface area contributed by atoms with Crippen LogP contribution in [-0.2, 0) is 4.79 Å². The monoisotopic (exact) mass is 246 g/mol. The van der Waals surface area contributed by atoms with Crippen LogP contribution in [0.3, 0.4) is 0 Å². The normalized spacial score (nSPS) is 27.5. The van der Waals surface area contributed by atoms with Gasteiger partial charge in [-0.2, -0.15) is 0 Å². The Morgan fingerprint density at radius 2 is 1.61 bits per heavy atom. The highest BCUT2D eigenvalue weighted by Gasteiger charge is 2.35. The maximum Gasteiger partial charge on any atom is 0.126 e. The number of aryl methyl sites for hydroxylation is 2. The van der Waals surface area contributed by atoms with Crippen molar-refractivity contribution in [3.8, 4) is 0 Å². The summed E-state index contributed by atoms with van der Waals surface area (Å²) in [5.74, 6) is -0.0106. The van der Waals surface area contributed by atoms with Gasteiger partial charge in [0.2, 0.25) is 0 Å². The van der Waals surface area contributed by atoms with E-state index < -0.39 is 0 Å². The lowest BCUT2D eigenvalue weighted by molar-refractivity contribution is -0.111. The molecule has 0 aromatic heterocycles. The van der Waals surface area contributed by atoms with Crippen molar-refractivity contribution in [2.45, 2.75) is 46.7 Å². The van der Waals surface area contributed by atoms with Crippen molar-refractivity contribution in [2.75, 3.05) is 0 Å². The molecule has 2 N–H and O–H groups in total. The van der Waals surface area contributed by atoms with Gasteiger partial charge in [-0.15, -0.1) is 0 Å². The summed E-state index contributed by atoms with van der Waals surface area (Å²) in [5.41, 5.74) is 12.9. The first-order valence-corrected chi connectivity index (χ1v) is 6.51. The summed E-state index contributed by atoms with van der Waals surface area (Å²) in [6.45, 7) is 10.6. The Kier molecular flexibility index (Phi) is 3.55. The van der Waals surface area contributed by atoms with Gasteiger partial charge in [0.05, 0.1) is 12.0 Å². The van der Waals surface area contributed by atoms with Crippen LogP contribution < -0.4 is 10.9 Å². The zero-order chi connectivity index (χ0) is 13.4. The lowest BCUT2D eigenvalue weighted by atomic mass is 9.83. The second-order valence-corrected chi connectivity index (χ2v) is 5.44. The molecular formula is C15H22N2O. The first-order chi connectivity index (χ1) is 8.47. The fourth-order valence-electron chi connectivity index (χ4n) is 2.88. The molecule has 3 heteroatoms. The maximum absolute atomic E-state index is 11.3. The van der Waals surface area contributed by atoms with Gasteiger partial charge >= 0.3 is 0 Å². The number of benzene rings is 1. The predicted octanol–water partition coefficient (Wildman–Crippen LogP) is 2.27.